The fourth-order valence-corrected chi connectivity index (χ4v) is 2.44. The van der Waals surface area contributed by atoms with Gasteiger partial charge in [-0.25, -0.2) is 0 Å². The van der Waals surface area contributed by atoms with Crippen molar-refractivity contribution in [2.75, 3.05) is 13.2 Å². The number of furan rings is 1. The van der Waals surface area contributed by atoms with Crippen LogP contribution in [0.4, 0.5) is 5.69 Å². The minimum atomic E-state index is -0.514. The Morgan fingerprint density at radius 3 is 2.74 bits per heavy atom. The molecular formula is C18H16N4O5. The number of ether oxygens (including phenoxy) is 1. The Labute approximate surface area is 154 Å². The van der Waals surface area contributed by atoms with Crippen molar-refractivity contribution in [2.24, 2.45) is 0 Å². The molecule has 1 amide bonds. The number of carbonyl (C=O) groups excluding carboxylic acids is 1. The Morgan fingerprint density at radius 1 is 1.22 bits per heavy atom. The number of aromatic nitrogens is 2. The van der Waals surface area contributed by atoms with Crippen molar-refractivity contribution < 1.29 is 18.9 Å². The predicted molar refractivity (Wildman–Crippen MR) is 95.4 cm³/mol. The Balaban J connectivity index is 1.51. The number of carbonyl (C=O) groups is 1. The number of benzene rings is 1. The van der Waals surface area contributed by atoms with Gasteiger partial charge in [-0.2, -0.15) is 0 Å². The number of nitrogens with one attached hydrogen (secondary N) is 1. The lowest BCUT2D eigenvalue weighted by atomic mass is 10.1. The van der Waals surface area contributed by atoms with Crippen molar-refractivity contribution >= 4 is 11.6 Å². The maximum absolute atomic E-state index is 12.2. The Kier molecular flexibility index (Phi) is 5.41. The van der Waals surface area contributed by atoms with Gasteiger partial charge in [-0.1, -0.05) is 6.07 Å². The molecular weight excluding hydrogens is 352 g/mol. The average Bonchev–Trinajstić information content (AvgIpc) is 3.20. The number of hydrogen-bond donors (Lipinski definition) is 1. The standard InChI is InChI=1S/C18H16N4O5/c1-12-13(4-2-5-15(12)22(24)25)18(23)19-9-11-27-17-8-7-14(20-21-17)16-6-3-10-26-16/h2-8,10H,9,11H2,1H3,(H,19,23). The topological polar surface area (TPSA) is 120 Å². The predicted octanol–water partition coefficient (Wildman–Crippen LogP) is 2.76. The summed E-state index contributed by atoms with van der Waals surface area (Å²) in [5, 5.41) is 21.5. The third-order valence-corrected chi connectivity index (χ3v) is 3.80. The van der Waals surface area contributed by atoms with Crippen molar-refractivity contribution in [1.29, 1.82) is 0 Å². The molecule has 27 heavy (non-hydrogen) atoms. The van der Waals surface area contributed by atoms with Gasteiger partial charge in [0, 0.05) is 23.3 Å². The van der Waals surface area contributed by atoms with Crippen LogP contribution < -0.4 is 10.1 Å². The molecule has 0 fully saturated rings. The first-order valence-corrected chi connectivity index (χ1v) is 8.09. The summed E-state index contributed by atoms with van der Waals surface area (Å²) in [6.45, 7) is 1.93. The van der Waals surface area contributed by atoms with Gasteiger partial charge < -0.3 is 14.5 Å². The summed E-state index contributed by atoms with van der Waals surface area (Å²) < 4.78 is 10.7. The highest BCUT2D eigenvalue weighted by atomic mass is 16.6. The lowest BCUT2D eigenvalue weighted by molar-refractivity contribution is -0.385. The van der Waals surface area contributed by atoms with Gasteiger partial charge in [-0.05, 0) is 31.2 Å². The van der Waals surface area contributed by atoms with Crippen molar-refractivity contribution in [2.45, 2.75) is 6.92 Å². The second kappa shape index (κ2) is 8.09. The van der Waals surface area contributed by atoms with E-state index in [-0.39, 0.29) is 24.4 Å². The van der Waals surface area contributed by atoms with E-state index in [1.807, 2.05) is 0 Å². The summed E-state index contributed by atoms with van der Waals surface area (Å²) in [6.07, 6.45) is 1.55. The van der Waals surface area contributed by atoms with Gasteiger partial charge >= 0.3 is 0 Å². The third-order valence-electron chi connectivity index (χ3n) is 3.80. The maximum Gasteiger partial charge on any atom is 0.273 e. The quantitative estimate of drug-likeness (QED) is 0.387. The minimum absolute atomic E-state index is 0.0918. The zero-order chi connectivity index (χ0) is 19.2. The first kappa shape index (κ1) is 18.1. The number of amides is 1. The van der Waals surface area contributed by atoms with E-state index < -0.39 is 10.8 Å². The van der Waals surface area contributed by atoms with Crippen LogP contribution in [0.3, 0.4) is 0 Å². The Bertz CT molecular complexity index is 939. The molecule has 0 radical (unpaired) electrons. The molecule has 3 rings (SSSR count). The van der Waals surface area contributed by atoms with Gasteiger partial charge in [0.1, 0.15) is 12.3 Å². The smallest absolute Gasteiger partial charge is 0.273 e. The number of nitro groups is 1. The summed E-state index contributed by atoms with van der Waals surface area (Å²) in [5.74, 6) is 0.513. The van der Waals surface area contributed by atoms with E-state index in [0.717, 1.165) is 0 Å². The third kappa shape index (κ3) is 4.27. The van der Waals surface area contributed by atoms with E-state index in [4.69, 9.17) is 9.15 Å². The summed E-state index contributed by atoms with van der Waals surface area (Å²) in [7, 11) is 0. The van der Waals surface area contributed by atoms with E-state index >= 15 is 0 Å². The van der Waals surface area contributed by atoms with E-state index in [9.17, 15) is 14.9 Å². The lowest BCUT2D eigenvalue weighted by Crippen LogP contribution is -2.28. The molecule has 0 aliphatic carbocycles. The van der Waals surface area contributed by atoms with Gasteiger partial charge in [0.25, 0.3) is 11.6 Å². The van der Waals surface area contributed by atoms with Crippen molar-refractivity contribution in [3.8, 4) is 17.3 Å². The van der Waals surface area contributed by atoms with Crippen LogP contribution in [-0.2, 0) is 0 Å². The monoisotopic (exact) mass is 368 g/mol. The summed E-state index contributed by atoms with van der Waals surface area (Å²) in [5.41, 5.74) is 1.07. The highest BCUT2D eigenvalue weighted by molar-refractivity contribution is 5.96. The maximum atomic E-state index is 12.2. The highest BCUT2D eigenvalue weighted by Crippen LogP contribution is 2.21. The van der Waals surface area contributed by atoms with Crippen LogP contribution in [0, 0.1) is 17.0 Å². The number of nitrogens with zero attached hydrogens (tertiary/aromatic N) is 3. The van der Waals surface area contributed by atoms with Gasteiger partial charge in [0.05, 0.1) is 17.7 Å². The first-order valence-electron chi connectivity index (χ1n) is 8.09. The van der Waals surface area contributed by atoms with Crippen LogP contribution in [0.15, 0.2) is 53.1 Å². The molecule has 1 aromatic carbocycles. The number of rotatable bonds is 7. The zero-order valence-corrected chi connectivity index (χ0v) is 14.4. The van der Waals surface area contributed by atoms with E-state index in [1.54, 1.807) is 37.5 Å². The molecule has 1 N–H and O–H groups in total. The van der Waals surface area contributed by atoms with Gasteiger partial charge in [0.2, 0.25) is 5.88 Å². The largest absolute Gasteiger partial charge is 0.475 e. The van der Waals surface area contributed by atoms with Crippen molar-refractivity contribution in [3.05, 3.63) is 70.0 Å². The lowest BCUT2D eigenvalue weighted by Gasteiger charge is -2.09. The zero-order valence-electron chi connectivity index (χ0n) is 14.4. The first-order chi connectivity index (χ1) is 13.1. The summed E-state index contributed by atoms with van der Waals surface area (Å²) >= 11 is 0. The van der Waals surface area contributed by atoms with E-state index in [1.165, 1.54) is 18.2 Å². The molecule has 2 heterocycles. The molecule has 0 atom stereocenters. The molecule has 0 spiro atoms. The van der Waals surface area contributed by atoms with Gasteiger partial charge in [0.15, 0.2) is 5.76 Å². The molecule has 9 heteroatoms. The van der Waals surface area contributed by atoms with Gasteiger partial charge in [-0.15, -0.1) is 10.2 Å². The summed E-state index contributed by atoms with van der Waals surface area (Å²) in [4.78, 5) is 22.6. The molecule has 0 saturated heterocycles. The number of hydrogen-bond acceptors (Lipinski definition) is 7. The second-order valence-corrected chi connectivity index (χ2v) is 5.55. The molecule has 0 bridgehead atoms. The van der Waals surface area contributed by atoms with Crippen LogP contribution in [-0.4, -0.2) is 34.2 Å². The SMILES string of the molecule is Cc1c(C(=O)NCCOc2ccc(-c3ccco3)nn2)cccc1[N+](=O)[O-]. The van der Waals surface area contributed by atoms with Gasteiger partial charge in [-0.3, -0.25) is 14.9 Å². The minimum Gasteiger partial charge on any atom is -0.475 e. The molecule has 0 aliphatic heterocycles. The molecule has 138 valence electrons. The summed E-state index contributed by atoms with van der Waals surface area (Å²) in [6, 6.07) is 11.3. The van der Waals surface area contributed by atoms with Crippen LogP contribution >= 0.6 is 0 Å². The fourth-order valence-electron chi connectivity index (χ4n) is 2.44. The molecule has 0 saturated carbocycles. The molecule has 3 aromatic rings. The van der Waals surface area contributed by atoms with Crippen LogP contribution in [0.25, 0.3) is 11.5 Å². The van der Waals surface area contributed by atoms with E-state index in [2.05, 4.69) is 15.5 Å². The average molecular weight is 368 g/mol. The fraction of sp³-hybridized carbons (Fsp3) is 0.167. The van der Waals surface area contributed by atoms with Crippen LogP contribution in [0.5, 0.6) is 5.88 Å². The van der Waals surface area contributed by atoms with Crippen molar-refractivity contribution in [3.63, 3.8) is 0 Å². The normalized spacial score (nSPS) is 10.4. The second-order valence-electron chi connectivity index (χ2n) is 5.55. The number of nitro benzene ring substituents is 1. The van der Waals surface area contributed by atoms with Crippen molar-refractivity contribution in [1.82, 2.24) is 15.5 Å². The molecule has 0 unspecified atom stereocenters. The highest BCUT2D eigenvalue weighted by Gasteiger charge is 2.17. The van der Waals surface area contributed by atoms with Crippen LogP contribution in [0.1, 0.15) is 15.9 Å². The molecule has 9 nitrogen and oxygen atoms in total. The van der Waals surface area contributed by atoms with Crippen LogP contribution in [0.2, 0.25) is 0 Å². The Morgan fingerprint density at radius 2 is 2.07 bits per heavy atom. The Hall–Kier alpha value is -3.75. The van der Waals surface area contributed by atoms with E-state index in [0.29, 0.717) is 22.9 Å². The molecule has 0 aliphatic rings. The molecule has 2 aromatic heterocycles.